The number of carbonyl (C=O) groups is 2. The molecule has 0 aliphatic heterocycles. The summed E-state index contributed by atoms with van der Waals surface area (Å²) in [5.41, 5.74) is 0.930. The number of hydrogen-bond acceptors (Lipinski definition) is 3. The van der Waals surface area contributed by atoms with E-state index in [0.717, 1.165) is 25.7 Å². The molecular weight excluding hydrogens is 287 g/mol. The van der Waals surface area contributed by atoms with Gasteiger partial charge >= 0.3 is 11.8 Å². The zero-order valence-electron chi connectivity index (χ0n) is 12.6. The molecule has 0 heterocycles. The number of aryl methyl sites for hydroxylation is 1. The van der Waals surface area contributed by atoms with Gasteiger partial charge in [-0.2, -0.15) is 0 Å². The molecule has 0 unspecified atom stereocenters. The van der Waals surface area contributed by atoms with Gasteiger partial charge in [-0.15, -0.1) is 0 Å². The number of rotatable bonds is 3. The number of benzene rings is 1. The maximum Gasteiger partial charge on any atom is 0.313 e. The molecule has 1 aromatic rings. The minimum absolute atomic E-state index is 0.0460. The Morgan fingerprint density at radius 3 is 2.45 bits per heavy atom. The van der Waals surface area contributed by atoms with E-state index in [2.05, 4.69) is 10.6 Å². The van der Waals surface area contributed by atoms with Crippen molar-refractivity contribution in [1.29, 1.82) is 0 Å². The van der Waals surface area contributed by atoms with Crippen molar-refractivity contribution in [3.8, 4) is 0 Å². The van der Waals surface area contributed by atoms with E-state index in [1.54, 1.807) is 13.0 Å². The van der Waals surface area contributed by atoms with Crippen molar-refractivity contribution in [2.24, 2.45) is 5.92 Å². The molecule has 5 nitrogen and oxygen atoms in total. The highest BCUT2D eigenvalue weighted by molar-refractivity contribution is 6.39. The Bertz CT molecular complexity index is 534. The van der Waals surface area contributed by atoms with Gasteiger partial charge in [-0.1, -0.05) is 0 Å². The van der Waals surface area contributed by atoms with Crippen molar-refractivity contribution in [2.75, 3.05) is 11.9 Å². The van der Waals surface area contributed by atoms with Crippen molar-refractivity contribution in [2.45, 2.75) is 38.6 Å². The van der Waals surface area contributed by atoms with Crippen molar-refractivity contribution in [3.05, 3.63) is 29.6 Å². The zero-order chi connectivity index (χ0) is 16.1. The molecule has 1 aliphatic carbocycles. The molecule has 0 saturated heterocycles. The lowest BCUT2D eigenvalue weighted by molar-refractivity contribution is -0.136. The molecule has 22 heavy (non-hydrogen) atoms. The van der Waals surface area contributed by atoms with Crippen LogP contribution < -0.4 is 10.6 Å². The third-order valence-electron chi connectivity index (χ3n) is 3.95. The van der Waals surface area contributed by atoms with Gasteiger partial charge in [0.1, 0.15) is 5.82 Å². The van der Waals surface area contributed by atoms with Gasteiger partial charge in [0.25, 0.3) is 0 Å². The first-order chi connectivity index (χ1) is 10.5. The highest BCUT2D eigenvalue weighted by Crippen LogP contribution is 2.23. The number of aliphatic hydroxyl groups is 1. The lowest BCUT2D eigenvalue weighted by atomic mass is 9.86. The van der Waals surface area contributed by atoms with Crippen LogP contribution >= 0.6 is 0 Å². The van der Waals surface area contributed by atoms with Gasteiger partial charge < -0.3 is 15.7 Å². The molecule has 0 aromatic heterocycles. The summed E-state index contributed by atoms with van der Waals surface area (Å²) in [5.74, 6) is -1.68. The van der Waals surface area contributed by atoms with E-state index in [1.807, 2.05) is 0 Å². The van der Waals surface area contributed by atoms with E-state index in [1.165, 1.54) is 12.1 Å². The normalized spacial score (nSPS) is 21.2. The number of anilines is 1. The standard InChI is InChI=1S/C16H21FN2O3/c1-10-6-12(17)8-14(7-10)19-16(22)15(21)18-13-4-2-11(9-20)3-5-13/h6-8,11,13,20H,2-5,9H2,1H3,(H,18,21)(H,19,22). The molecule has 1 saturated carbocycles. The first-order valence-corrected chi connectivity index (χ1v) is 7.48. The lowest BCUT2D eigenvalue weighted by Crippen LogP contribution is -2.43. The van der Waals surface area contributed by atoms with Gasteiger partial charge in [0.2, 0.25) is 0 Å². The summed E-state index contributed by atoms with van der Waals surface area (Å²) >= 11 is 0. The summed E-state index contributed by atoms with van der Waals surface area (Å²) < 4.78 is 13.3. The van der Waals surface area contributed by atoms with Crippen LogP contribution in [0, 0.1) is 18.7 Å². The molecule has 0 atom stereocenters. The van der Waals surface area contributed by atoms with Crippen molar-refractivity contribution >= 4 is 17.5 Å². The average molecular weight is 308 g/mol. The number of nitrogens with one attached hydrogen (secondary N) is 2. The summed E-state index contributed by atoms with van der Waals surface area (Å²) in [5, 5.41) is 14.2. The van der Waals surface area contributed by atoms with E-state index in [0.29, 0.717) is 5.56 Å². The SMILES string of the molecule is Cc1cc(F)cc(NC(=O)C(=O)NC2CCC(CO)CC2)c1. The Morgan fingerprint density at radius 1 is 1.18 bits per heavy atom. The Labute approximate surface area is 128 Å². The molecule has 2 rings (SSSR count). The minimum Gasteiger partial charge on any atom is -0.396 e. The van der Waals surface area contributed by atoms with Gasteiger partial charge in [-0.25, -0.2) is 4.39 Å². The Balaban J connectivity index is 1.86. The Kier molecular flexibility index (Phi) is 5.49. The number of aliphatic hydroxyl groups excluding tert-OH is 1. The second-order valence-corrected chi connectivity index (χ2v) is 5.85. The van der Waals surface area contributed by atoms with Crippen LogP contribution in [0.1, 0.15) is 31.2 Å². The Morgan fingerprint density at radius 2 is 1.86 bits per heavy atom. The zero-order valence-corrected chi connectivity index (χ0v) is 12.6. The quantitative estimate of drug-likeness (QED) is 0.744. The largest absolute Gasteiger partial charge is 0.396 e. The first kappa shape index (κ1) is 16.4. The van der Waals surface area contributed by atoms with Gasteiger partial charge in [-0.3, -0.25) is 9.59 Å². The molecule has 2 amide bonds. The van der Waals surface area contributed by atoms with Gasteiger partial charge in [0.05, 0.1) is 0 Å². The van der Waals surface area contributed by atoms with Crippen LogP contribution in [0.25, 0.3) is 0 Å². The van der Waals surface area contributed by atoms with E-state index >= 15 is 0 Å². The summed E-state index contributed by atoms with van der Waals surface area (Å²) in [6, 6.07) is 4.07. The van der Waals surface area contributed by atoms with Crippen LogP contribution in [0.4, 0.5) is 10.1 Å². The van der Waals surface area contributed by atoms with Gasteiger partial charge in [-0.05, 0) is 62.3 Å². The fourth-order valence-corrected chi connectivity index (χ4v) is 2.74. The maximum atomic E-state index is 13.3. The van der Waals surface area contributed by atoms with E-state index < -0.39 is 17.6 Å². The second-order valence-electron chi connectivity index (χ2n) is 5.85. The molecule has 0 radical (unpaired) electrons. The van der Waals surface area contributed by atoms with Crippen molar-refractivity contribution < 1.29 is 19.1 Å². The van der Waals surface area contributed by atoms with Gasteiger partial charge in [0.15, 0.2) is 0 Å². The molecular formula is C16H21FN2O3. The smallest absolute Gasteiger partial charge is 0.313 e. The summed E-state index contributed by atoms with van der Waals surface area (Å²) in [4.78, 5) is 23.7. The van der Waals surface area contributed by atoms with Crippen LogP contribution in [0.3, 0.4) is 0 Å². The van der Waals surface area contributed by atoms with E-state index in [-0.39, 0.29) is 24.3 Å². The summed E-state index contributed by atoms with van der Waals surface area (Å²) in [7, 11) is 0. The molecule has 120 valence electrons. The molecule has 1 aromatic carbocycles. The fraction of sp³-hybridized carbons (Fsp3) is 0.500. The summed E-state index contributed by atoms with van der Waals surface area (Å²) in [6.07, 6.45) is 3.19. The molecule has 0 bridgehead atoms. The van der Waals surface area contributed by atoms with Crippen LogP contribution in [0.15, 0.2) is 18.2 Å². The molecule has 1 fully saturated rings. The molecule has 1 aliphatic rings. The fourth-order valence-electron chi connectivity index (χ4n) is 2.74. The predicted molar refractivity (Wildman–Crippen MR) is 80.7 cm³/mol. The van der Waals surface area contributed by atoms with Crippen molar-refractivity contribution in [1.82, 2.24) is 5.32 Å². The molecule has 3 N–H and O–H groups in total. The van der Waals surface area contributed by atoms with Crippen LogP contribution in [-0.2, 0) is 9.59 Å². The topological polar surface area (TPSA) is 78.4 Å². The number of hydrogen-bond donors (Lipinski definition) is 3. The van der Waals surface area contributed by atoms with Crippen LogP contribution in [0.5, 0.6) is 0 Å². The number of halogens is 1. The number of amides is 2. The maximum absolute atomic E-state index is 13.3. The van der Waals surface area contributed by atoms with Crippen LogP contribution in [0.2, 0.25) is 0 Å². The van der Waals surface area contributed by atoms with E-state index in [9.17, 15) is 14.0 Å². The third kappa shape index (κ3) is 4.53. The highest BCUT2D eigenvalue weighted by atomic mass is 19.1. The lowest BCUT2D eigenvalue weighted by Gasteiger charge is -2.27. The summed E-state index contributed by atoms with van der Waals surface area (Å²) in [6.45, 7) is 1.87. The average Bonchev–Trinajstić information content (AvgIpc) is 2.46. The van der Waals surface area contributed by atoms with Crippen molar-refractivity contribution in [3.63, 3.8) is 0 Å². The Hall–Kier alpha value is -1.95. The highest BCUT2D eigenvalue weighted by Gasteiger charge is 2.24. The van der Waals surface area contributed by atoms with E-state index in [4.69, 9.17) is 5.11 Å². The third-order valence-corrected chi connectivity index (χ3v) is 3.95. The monoisotopic (exact) mass is 308 g/mol. The van der Waals surface area contributed by atoms with Crippen LogP contribution in [-0.4, -0.2) is 29.6 Å². The first-order valence-electron chi connectivity index (χ1n) is 7.48. The molecule has 6 heteroatoms. The predicted octanol–water partition coefficient (Wildman–Crippen LogP) is 1.74. The molecule has 0 spiro atoms. The second kappa shape index (κ2) is 7.35. The minimum atomic E-state index is -0.797. The number of carbonyl (C=O) groups excluding carboxylic acids is 2. The van der Waals surface area contributed by atoms with Gasteiger partial charge in [0, 0.05) is 18.3 Å².